The molecule has 2 heterocycles. The van der Waals surface area contributed by atoms with E-state index in [-0.39, 0.29) is 35.8 Å². The predicted molar refractivity (Wildman–Crippen MR) is 101 cm³/mol. The normalized spacial score (nSPS) is 17.6. The summed E-state index contributed by atoms with van der Waals surface area (Å²) >= 11 is 1.51. The van der Waals surface area contributed by atoms with E-state index in [1.165, 1.54) is 11.8 Å². The van der Waals surface area contributed by atoms with Gasteiger partial charge in [0.1, 0.15) is 5.82 Å². The van der Waals surface area contributed by atoms with E-state index in [9.17, 15) is 4.79 Å². The number of nitrogens with two attached hydrogens (primary N) is 1. The molecule has 0 radical (unpaired) electrons. The van der Waals surface area contributed by atoms with E-state index < -0.39 is 0 Å². The number of aromatic nitrogens is 2. The van der Waals surface area contributed by atoms with Crippen LogP contribution in [0.1, 0.15) is 31.2 Å². The van der Waals surface area contributed by atoms with Crippen LogP contribution in [-0.4, -0.2) is 39.6 Å². The van der Waals surface area contributed by atoms with E-state index in [0.29, 0.717) is 6.42 Å². The molecular weight excluding hydrogens is 463 g/mol. The van der Waals surface area contributed by atoms with Crippen molar-refractivity contribution in [1.29, 1.82) is 0 Å². The van der Waals surface area contributed by atoms with Crippen molar-refractivity contribution in [1.82, 2.24) is 15.4 Å². The molecule has 0 bridgehead atoms. The number of nitrogens with zero attached hydrogens (tertiary/aromatic N) is 2. The molecule has 1 aliphatic heterocycles. The molecule has 1 atom stereocenters. The number of thioether (sulfide) groups is 1. The topological polar surface area (TPSA) is 110 Å². The summed E-state index contributed by atoms with van der Waals surface area (Å²) in [6.07, 6.45) is 4.21. The van der Waals surface area contributed by atoms with E-state index in [0.717, 1.165) is 52.7 Å². The quantitative estimate of drug-likeness (QED) is 0.158. The van der Waals surface area contributed by atoms with E-state index in [1.54, 1.807) is 0 Å². The van der Waals surface area contributed by atoms with Gasteiger partial charge in [0, 0.05) is 24.3 Å². The van der Waals surface area contributed by atoms with Gasteiger partial charge in [-0.05, 0) is 36.6 Å². The molecule has 1 aromatic heterocycles. The highest BCUT2D eigenvalue weighted by molar-refractivity contribution is 8.12. The molecule has 0 spiro atoms. The molecule has 26 heavy (non-hydrogen) atoms. The lowest BCUT2D eigenvalue weighted by Crippen LogP contribution is -3.00. The van der Waals surface area contributed by atoms with Crippen LogP contribution < -0.4 is 40.1 Å². The third kappa shape index (κ3) is 4.97. The number of hydrogen-bond acceptors (Lipinski definition) is 4. The molecule has 1 aromatic carbocycles. The van der Waals surface area contributed by atoms with Crippen LogP contribution in [0.5, 0.6) is 0 Å². The van der Waals surface area contributed by atoms with Crippen molar-refractivity contribution in [2.24, 2.45) is 16.8 Å². The molecule has 1 unspecified atom stereocenters. The largest absolute Gasteiger partial charge is 1.00 e. The molecule has 5 N–H and O–H groups in total. The summed E-state index contributed by atoms with van der Waals surface area (Å²) in [5.74, 6) is 1.04. The first kappa shape index (κ1) is 20.7. The average Bonchev–Trinajstić information content (AvgIpc) is 3.00. The second kappa shape index (κ2) is 9.36. The summed E-state index contributed by atoms with van der Waals surface area (Å²) < 4.78 is 0. The van der Waals surface area contributed by atoms with Gasteiger partial charge in [-0.25, -0.2) is 10.4 Å². The number of aryl methyl sites for hydroxylation is 1. The Morgan fingerprint density at radius 1 is 1.46 bits per heavy atom. The van der Waals surface area contributed by atoms with Crippen LogP contribution in [0.3, 0.4) is 0 Å². The van der Waals surface area contributed by atoms with E-state index in [1.807, 2.05) is 25.3 Å². The maximum absolute atomic E-state index is 11.4. The summed E-state index contributed by atoms with van der Waals surface area (Å²) in [6.45, 7) is 2.84. The van der Waals surface area contributed by atoms with Gasteiger partial charge in [0.25, 0.3) is 0 Å². The Morgan fingerprint density at radius 3 is 3.00 bits per heavy atom. The van der Waals surface area contributed by atoms with Crippen LogP contribution in [0.4, 0.5) is 0 Å². The highest BCUT2D eigenvalue weighted by Crippen LogP contribution is 2.20. The zero-order chi connectivity index (χ0) is 17.8. The molecule has 2 aromatic rings. The lowest BCUT2D eigenvalue weighted by Gasteiger charge is -2.18. The number of hydrogen-bond donors (Lipinski definition) is 4. The Labute approximate surface area is 173 Å². The van der Waals surface area contributed by atoms with Gasteiger partial charge in [0.05, 0.1) is 23.3 Å². The Bertz CT molecular complexity index is 847. The number of rotatable bonds is 5. The lowest BCUT2D eigenvalue weighted by atomic mass is 9.94. The minimum absolute atomic E-state index is 0. The minimum Gasteiger partial charge on any atom is -1.00 e. The SMILES string of the molecule is CSC(N)=[NH+]CCCc1nc2ccc(C3=NNC(=O)CC3C)cc2[nH]1.[I-]. The van der Waals surface area contributed by atoms with Gasteiger partial charge in [-0.2, -0.15) is 5.10 Å². The van der Waals surface area contributed by atoms with Crippen LogP contribution in [0.15, 0.2) is 23.3 Å². The van der Waals surface area contributed by atoms with Crippen molar-refractivity contribution in [2.75, 3.05) is 12.8 Å². The Balaban J connectivity index is 0.00000243. The molecular formula is C17H23IN6OS. The van der Waals surface area contributed by atoms with E-state index in [4.69, 9.17) is 5.73 Å². The third-order valence-electron chi connectivity index (χ3n) is 4.20. The number of amides is 1. The van der Waals surface area contributed by atoms with Crippen LogP contribution >= 0.6 is 11.8 Å². The van der Waals surface area contributed by atoms with E-state index in [2.05, 4.69) is 31.6 Å². The van der Waals surface area contributed by atoms with Gasteiger partial charge in [0.2, 0.25) is 5.91 Å². The van der Waals surface area contributed by atoms with Gasteiger partial charge >= 0.3 is 5.17 Å². The van der Waals surface area contributed by atoms with Crippen molar-refractivity contribution in [3.63, 3.8) is 0 Å². The summed E-state index contributed by atoms with van der Waals surface area (Å²) in [5, 5.41) is 4.96. The smallest absolute Gasteiger partial charge is 0.301 e. The maximum atomic E-state index is 11.4. The fourth-order valence-corrected chi connectivity index (χ4v) is 3.13. The number of aromatic amines is 1. The summed E-state index contributed by atoms with van der Waals surface area (Å²) in [6, 6.07) is 6.06. The molecule has 0 fully saturated rings. The van der Waals surface area contributed by atoms with Crippen molar-refractivity contribution >= 4 is 39.6 Å². The summed E-state index contributed by atoms with van der Waals surface area (Å²) in [5.41, 5.74) is 12.1. The lowest BCUT2D eigenvalue weighted by molar-refractivity contribution is -0.455. The predicted octanol–water partition coefficient (Wildman–Crippen LogP) is -2.88. The number of nitrogens with one attached hydrogen (secondary N) is 3. The van der Waals surface area contributed by atoms with Crippen molar-refractivity contribution in [3.8, 4) is 0 Å². The average molecular weight is 486 g/mol. The van der Waals surface area contributed by atoms with E-state index >= 15 is 0 Å². The number of fused-ring (bicyclic) bond motifs is 1. The molecule has 0 saturated carbocycles. The third-order valence-corrected chi connectivity index (χ3v) is 4.78. The number of imidazole rings is 1. The monoisotopic (exact) mass is 486 g/mol. The molecule has 1 aliphatic rings. The molecule has 1 amide bonds. The Kier molecular flexibility index (Phi) is 7.44. The van der Waals surface area contributed by atoms with Crippen molar-refractivity contribution < 1.29 is 33.8 Å². The zero-order valence-corrected chi connectivity index (χ0v) is 17.8. The highest BCUT2D eigenvalue weighted by atomic mass is 127. The fourth-order valence-electron chi connectivity index (χ4n) is 2.88. The Hall–Kier alpha value is -1.62. The number of halogens is 1. The summed E-state index contributed by atoms with van der Waals surface area (Å²) in [7, 11) is 0. The fraction of sp³-hybridized carbons (Fsp3) is 0.412. The minimum atomic E-state index is -0.0332. The van der Waals surface area contributed by atoms with Crippen LogP contribution in [0.25, 0.3) is 11.0 Å². The molecule has 3 rings (SSSR count). The number of carbonyl (C=O) groups excluding carboxylic acids is 1. The molecule has 0 aliphatic carbocycles. The maximum Gasteiger partial charge on any atom is 0.301 e. The number of hydrazone groups is 1. The van der Waals surface area contributed by atoms with Gasteiger partial charge in [-0.15, -0.1) is 0 Å². The zero-order valence-electron chi connectivity index (χ0n) is 14.8. The highest BCUT2D eigenvalue weighted by Gasteiger charge is 2.21. The molecule has 9 heteroatoms. The van der Waals surface area contributed by atoms with Crippen LogP contribution in [0.2, 0.25) is 0 Å². The standard InChI is InChI=1S/C17H22N6OS.HI/c1-10-8-15(24)22-23-16(10)11-5-6-12-13(9-11)21-14(20-12)4-3-7-19-17(18)25-2;/h5-6,9-10H,3-4,7-8H2,1-2H3,(H2,18,19)(H,20,21)(H,22,24);1H. The van der Waals surface area contributed by atoms with Gasteiger partial charge in [-0.3, -0.25) is 15.5 Å². The first-order chi connectivity index (χ1) is 12.1. The number of carbonyl (C=O) groups is 1. The molecule has 140 valence electrons. The molecule has 7 nitrogen and oxygen atoms in total. The molecule has 0 saturated heterocycles. The second-order valence-electron chi connectivity index (χ2n) is 6.15. The van der Waals surface area contributed by atoms with Crippen molar-refractivity contribution in [3.05, 3.63) is 29.6 Å². The van der Waals surface area contributed by atoms with Crippen LogP contribution in [0, 0.1) is 5.92 Å². The number of H-pyrrole nitrogens is 1. The number of benzene rings is 1. The Morgan fingerprint density at radius 2 is 2.27 bits per heavy atom. The first-order valence-electron chi connectivity index (χ1n) is 8.32. The van der Waals surface area contributed by atoms with Crippen LogP contribution in [-0.2, 0) is 11.2 Å². The second-order valence-corrected chi connectivity index (χ2v) is 7.00. The van der Waals surface area contributed by atoms with Gasteiger partial charge in [-0.1, -0.05) is 13.0 Å². The first-order valence-corrected chi connectivity index (χ1v) is 9.55. The van der Waals surface area contributed by atoms with Crippen molar-refractivity contribution in [2.45, 2.75) is 26.2 Å². The summed E-state index contributed by atoms with van der Waals surface area (Å²) in [4.78, 5) is 22.6. The van der Waals surface area contributed by atoms with Gasteiger partial charge < -0.3 is 29.0 Å². The number of amidine groups is 1. The van der Waals surface area contributed by atoms with Gasteiger partial charge in [0.15, 0.2) is 0 Å².